The average molecular weight is 1460 g/mol. The van der Waals surface area contributed by atoms with E-state index in [-0.39, 0.29) is 62.5 Å². The van der Waals surface area contributed by atoms with Crippen LogP contribution in [0.4, 0.5) is 0 Å². The summed E-state index contributed by atoms with van der Waals surface area (Å²) >= 11 is 0. The number of carbonyl (C=O) groups is 6. The molecule has 1 aliphatic rings. The van der Waals surface area contributed by atoms with Crippen molar-refractivity contribution in [2.45, 2.75) is 457 Å². The Balaban J connectivity index is 3.90. The van der Waals surface area contributed by atoms with Gasteiger partial charge in [0.1, 0.15) is 42.0 Å². The largest absolute Gasteiger partial charge is 0.470 e. The second kappa shape index (κ2) is 66.6. The lowest BCUT2D eigenvalue weighted by Gasteiger charge is -2.45. The quantitative estimate of drug-likeness (QED) is 0.0164. The van der Waals surface area contributed by atoms with E-state index < -0.39 is 100 Å². The molecule has 0 saturated carbocycles. The molecular formula is C82H154NO17P. The number of Topliss-reactive ketones (excluding diaryl/α,β-unsaturated/α-hetero) is 2. The van der Waals surface area contributed by atoms with Crippen LogP contribution in [0.25, 0.3) is 0 Å². The minimum Gasteiger partial charge on any atom is -0.462 e. The van der Waals surface area contributed by atoms with Gasteiger partial charge in [0.2, 0.25) is 5.91 Å². The standard InChI is InChI=1S/C82H154NO17P/c1-7-13-19-25-31-34-40-43-49-55-68(72(86)58-52-46-37-28-22-16-10-4)63-78(91)99-81-79(83-75(88)65-71(57-51-45-42-36-33-27-21-15-9-3)97-77(90)60-54-48-39-30-24-18-12-6)82(98-74(66-85)80(81)100-101(92,93)94)95-67-69(61-62-84)73(87)64-70(56-50-44-41-35-32-26-20-14-8-2)96-76(89)59-53-47-38-29-23-17-11-5/h68-71,74,79-82,84-85H,7-67H2,1-6H3,(H,83,88)(H2,92,93,94)/t68-,69+,70-,71-,74-,79-,80-,81-,82?/m1/s1. The molecule has 0 spiro atoms. The van der Waals surface area contributed by atoms with E-state index in [1.54, 1.807) is 0 Å². The van der Waals surface area contributed by atoms with E-state index in [1.807, 2.05) is 0 Å². The van der Waals surface area contributed by atoms with Gasteiger partial charge in [-0.15, -0.1) is 0 Å². The van der Waals surface area contributed by atoms with E-state index in [0.717, 1.165) is 193 Å². The van der Waals surface area contributed by atoms with Gasteiger partial charge in [-0.3, -0.25) is 33.3 Å². The number of aliphatic hydroxyl groups excluding tert-OH is 2. The Morgan fingerprint density at radius 2 is 0.752 bits per heavy atom. The van der Waals surface area contributed by atoms with Crippen LogP contribution in [0, 0.1) is 11.8 Å². The zero-order chi connectivity index (χ0) is 74.2. The molecule has 18 nitrogen and oxygen atoms in total. The predicted molar refractivity (Wildman–Crippen MR) is 406 cm³/mol. The lowest BCUT2D eigenvalue weighted by atomic mass is 9.90. The van der Waals surface area contributed by atoms with Gasteiger partial charge in [0.25, 0.3) is 0 Å². The molecule has 19 heteroatoms. The molecule has 0 aromatic heterocycles. The van der Waals surface area contributed by atoms with E-state index in [0.29, 0.717) is 51.4 Å². The van der Waals surface area contributed by atoms with Gasteiger partial charge in [0, 0.05) is 44.1 Å². The molecule has 101 heavy (non-hydrogen) atoms. The first-order valence-corrected chi connectivity index (χ1v) is 43.7. The predicted octanol–water partition coefficient (Wildman–Crippen LogP) is 20.5. The first kappa shape index (κ1) is 96.2. The second-order valence-electron chi connectivity index (χ2n) is 29.8. The van der Waals surface area contributed by atoms with Crippen molar-refractivity contribution in [3.63, 3.8) is 0 Å². The Morgan fingerprint density at radius 1 is 0.396 bits per heavy atom. The molecule has 1 heterocycles. The Hall–Kier alpha value is -2.83. The minimum absolute atomic E-state index is 0.0803. The highest BCUT2D eigenvalue weighted by Gasteiger charge is 2.52. The van der Waals surface area contributed by atoms with Crippen molar-refractivity contribution >= 4 is 43.2 Å². The number of ketones is 2. The molecule has 1 amide bonds. The number of carbonyl (C=O) groups excluding carboxylic acids is 6. The van der Waals surface area contributed by atoms with Gasteiger partial charge >= 0.3 is 25.7 Å². The zero-order valence-corrected chi connectivity index (χ0v) is 66.3. The Bertz CT molecular complexity index is 2060. The number of unbranched alkanes of at least 4 members (excludes halogenated alkanes) is 42. The highest BCUT2D eigenvalue weighted by atomic mass is 31.2. The van der Waals surface area contributed by atoms with Crippen molar-refractivity contribution in [1.82, 2.24) is 5.32 Å². The maximum atomic E-state index is 14.9. The Morgan fingerprint density at radius 3 is 1.13 bits per heavy atom. The van der Waals surface area contributed by atoms with Gasteiger partial charge in [0.15, 0.2) is 12.4 Å². The van der Waals surface area contributed by atoms with Crippen LogP contribution in [-0.4, -0.2) is 118 Å². The summed E-state index contributed by atoms with van der Waals surface area (Å²) in [5.74, 6) is -4.62. The number of phosphoric ester groups is 1. The molecule has 0 aliphatic carbocycles. The third kappa shape index (κ3) is 53.6. The molecular weight excluding hydrogens is 1300 g/mol. The van der Waals surface area contributed by atoms with Crippen molar-refractivity contribution in [2.24, 2.45) is 11.8 Å². The lowest BCUT2D eigenvalue weighted by Crippen LogP contribution is -2.66. The molecule has 5 N–H and O–H groups in total. The summed E-state index contributed by atoms with van der Waals surface area (Å²) in [5, 5.41) is 24.5. The van der Waals surface area contributed by atoms with E-state index in [9.17, 15) is 53.3 Å². The smallest absolute Gasteiger partial charge is 0.462 e. The van der Waals surface area contributed by atoms with Crippen LogP contribution < -0.4 is 5.32 Å². The summed E-state index contributed by atoms with van der Waals surface area (Å²) in [5.41, 5.74) is 0. The third-order valence-corrected chi connectivity index (χ3v) is 20.8. The number of phosphoric acid groups is 1. The summed E-state index contributed by atoms with van der Waals surface area (Å²) < 4.78 is 49.8. The summed E-state index contributed by atoms with van der Waals surface area (Å²) in [6.07, 6.45) is 42.2. The monoisotopic (exact) mass is 1460 g/mol. The van der Waals surface area contributed by atoms with Gasteiger partial charge in [-0.25, -0.2) is 4.57 Å². The first-order valence-electron chi connectivity index (χ1n) is 42.2. The van der Waals surface area contributed by atoms with Gasteiger partial charge in [-0.05, 0) is 57.8 Å². The molecule has 1 aliphatic heterocycles. The first-order chi connectivity index (χ1) is 49.0. The highest BCUT2D eigenvalue weighted by Crippen LogP contribution is 2.43. The van der Waals surface area contributed by atoms with Crippen LogP contribution in [0.15, 0.2) is 0 Å². The molecule has 1 saturated heterocycles. The van der Waals surface area contributed by atoms with Crippen molar-refractivity contribution in [3.8, 4) is 0 Å². The van der Waals surface area contributed by atoms with E-state index in [4.69, 9.17) is 28.2 Å². The van der Waals surface area contributed by atoms with E-state index in [2.05, 4.69) is 46.9 Å². The van der Waals surface area contributed by atoms with Crippen LogP contribution in [0.3, 0.4) is 0 Å². The molecule has 1 unspecified atom stereocenters. The zero-order valence-electron chi connectivity index (χ0n) is 65.4. The molecule has 594 valence electrons. The molecule has 0 aromatic carbocycles. The molecule has 0 bridgehead atoms. The van der Waals surface area contributed by atoms with Gasteiger partial charge in [0.05, 0.1) is 26.1 Å². The summed E-state index contributed by atoms with van der Waals surface area (Å²) in [6.45, 7) is 11.3. The van der Waals surface area contributed by atoms with Crippen molar-refractivity contribution in [3.05, 3.63) is 0 Å². The summed E-state index contributed by atoms with van der Waals surface area (Å²) in [6, 6.07) is -1.64. The van der Waals surface area contributed by atoms with Crippen LogP contribution >= 0.6 is 7.82 Å². The number of aliphatic hydroxyl groups is 2. The van der Waals surface area contributed by atoms with Crippen molar-refractivity contribution in [2.75, 3.05) is 19.8 Å². The normalized spacial score (nSPS) is 17.5. The average Bonchev–Trinajstić information content (AvgIpc) is 0.781. The number of nitrogens with one attached hydrogen (secondary N) is 1. The van der Waals surface area contributed by atoms with Crippen LogP contribution in [0.2, 0.25) is 0 Å². The Labute approximate surface area is 615 Å². The van der Waals surface area contributed by atoms with Crippen LogP contribution in [0.5, 0.6) is 0 Å². The molecule has 0 aromatic rings. The molecule has 1 rings (SSSR count). The van der Waals surface area contributed by atoms with Crippen LogP contribution in [-0.2, 0) is 61.5 Å². The maximum absolute atomic E-state index is 14.9. The highest BCUT2D eigenvalue weighted by molar-refractivity contribution is 7.46. The van der Waals surface area contributed by atoms with Gasteiger partial charge < -0.3 is 49.0 Å². The number of rotatable bonds is 74. The lowest BCUT2D eigenvalue weighted by molar-refractivity contribution is -0.273. The number of esters is 3. The summed E-state index contributed by atoms with van der Waals surface area (Å²) in [7, 11) is -5.50. The minimum atomic E-state index is -5.50. The van der Waals surface area contributed by atoms with Crippen molar-refractivity contribution in [1.29, 1.82) is 0 Å². The maximum Gasteiger partial charge on any atom is 0.470 e. The molecule has 9 atom stereocenters. The van der Waals surface area contributed by atoms with Crippen molar-refractivity contribution < 1.29 is 81.5 Å². The fourth-order valence-electron chi connectivity index (χ4n) is 14.0. The number of hydrogen-bond acceptors (Lipinski definition) is 15. The fourth-order valence-corrected chi connectivity index (χ4v) is 14.5. The number of hydrogen-bond donors (Lipinski definition) is 5. The second-order valence-corrected chi connectivity index (χ2v) is 31.0. The number of amides is 1. The SMILES string of the molecule is CCCCCCCCCCC[C@H](CC(=O)N[C@H]1C(OC[C@H](CCO)C(=O)C[C@@H](CCCCCCCCCCC)OC(=O)CCCCCCCCC)O[C@H](CO)[C@@H](OP(=O)(O)O)[C@@H]1OC(=O)C[C@@H](CCCCCCCCCCC)C(=O)CCCCCCCCC)OC(=O)CCCCCCCCC. The molecule has 1 fully saturated rings. The Kier molecular flexibility index (Phi) is 63.4. The van der Waals surface area contributed by atoms with Gasteiger partial charge in [-0.2, -0.15) is 0 Å². The molecule has 0 radical (unpaired) electrons. The fraction of sp³-hybridized carbons (Fsp3) is 0.927. The third-order valence-electron chi connectivity index (χ3n) is 20.3. The van der Waals surface area contributed by atoms with Crippen LogP contribution in [0.1, 0.15) is 414 Å². The number of ether oxygens (including phenoxy) is 5. The topological polar surface area (TPSA) is 268 Å². The summed E-state index contributed by atoms with van der Waals surface area (Å²) in [4.78, 5) is 107. The van der Waals surface area contributed by atoms with E-state index >= 15 is 0 Å². The van der Waals surface area contributed by atoms with E-state index in [1.165, 1.54) is 83.5 Å². The van der Waals surface area contributed by atoms with Gasteiger partial charge in [-0.1, -0.05) is 318 Å².